The molecule has 18 heavy (non-hydrogen) atoms. The Labute approximate surface area is 105 Å². The minimum Gasteiger partial charge on any atom is -0.380 e. The van der Waals surface area contributed by atoms with Crippen LogP contribution in [0.5, 0.6) is 0 Å². The van der Waals surface area contributed by atoms with Crippen molar-refractivity contribution in [1.82, 2.24) is 0 Å². The number of hydrogen-bond acceptors (Lipinski definition) is 2. The first-order valence-corrected chi connectivity index (χ1v) is 5.97. The molecule has 0 radical (unpaired) electrons. The second-order valence-electron chi connectivity index (χ2n) is 4.44. The van der Waals surface area contributed by atoms with E-state index in [4.69, 9.17) is 4.74 Å². The first-order chi connectivity index (χ1) is 8.52. The molecule has 0 aliphatic carbocycles. The van der Waals surface area contributed by atoms with Gasteiger partial charge in [0.25, 0.3) is 0 Å². The molecular formula is C13H18F3NO. The topological polar surface area (TPSA) is 21.3 Å². The zero-order valence-electron chi connectivity index (χ0n) is 10.6. The lowest BCUT2D eigenvalue weighted by Crippen LogP contribution is -2.12. The van der Waals surface area contributed by atoms with Gasteiger partial charge in [-0.2, -0.15) is 0 Å². The van der Waals surface area contributed by atoms with E-state index in [-0.39, 0.29) is 5.69 Å². The molecule has 0 heterocycles. The summed E-state index contributed by atoms with van der Waals surface area (Å²) in [7, 11) is 0. The van der Waals surface area contributed by atoms with Crippen molar-refractivity contribution in [2.24, 2.45) is 5.92 Å². The van der Waals surface area contributed by atoms with Crippen molar-refractivity contribution in [3.8, 4) is 0 Å². The van der Waals surface area contributed by atoms with Crippen molar-refractivity contribution >= 4 is 5.69 Å². The highest BCUT2D eigenvalue weighted by atomic mass is 19.2. The molecule has 0 fully saturated rings. The third-order valence-electron chi connectivity index (χ3n) is 2.44. The van der Waals surface area contributed by atoms with E-state index in [0.29, 0.717) is 25.7 Å². The first kappa shape index (κ1) is 14.8. The molecule has 0 unspecified atom stereocenters. The molecule has 0 atom stereocenters. The fraction of sp³-hybridized carbons (Fsp3) is 0.538. The molecule has 102 valence electrons. The summed E-state index contributed by atoms with van der Waals surface area (Å²) < 4.78 is 44.1. The van der Waals surface area contributed by atoms with Crippen LogP contribution in [0.25, 0.3) is 0 Å². The van der Waals surface area contributed by atoms with Gasteiger partial charge in [-0.3, -0.25) is 0 Å². The zero-order valence-corrected chi connectivity index (χ0v) is 10.6. The van der Waals surface area contributed by atoms with E-state index in [9.17, 15) is 13.2 Å². The fourth-order valence-corrected chi connectivity index (χ4v) is 1.34. The lowest BCUT2D eigenvalue weighted by molar-refractivity contribution is 0.132. The average molecular weight is 261 g/mol. The normalized spacial score (nSPS) is 11.0. The lowest BCUT2D eigenvalue weighted by atomic mass is 10.1. The van der Waals surface area contributed by atoms with Crippen LogP contribution in [0.15, 0.2) is 12.1 Å². The monoisotopic (exact) mass is 261 g/mol. The number of anilines is 1. The molecule has 5 heteroatoms. The molecule has 1 rings (SSSR count). The second kappa shape index (κ2) is 7.26. The Morgan fingerprint density at radius 2 is 1.83 bits per heavy atom. The summed E-state index contributed by atoms with van der Waals surface area (Å²) in [5, 5.41) is 2.66. The minimum absolute atomic E-state index is 0.0543. The van der Waals surface area contributed by atoms with Gasteiger partial charge in [-0.15, -0.1) is 0 Å². The van der Waals surface area contributed by atoms with E-state index in [2.05, 4.69) is 19.2 Å². The largest absolute Gasteiger partial charge is 0.380 e. The van der Waals surface area contributed by atoms with E-state index in [0.717, 1.165) is 12.5 Å². The number of nitrogens with one attached hydrogen (secondary N) is 1. The van der Waals surface area contributed by atoms with Crippen molar-refractivity contribution in [2.75, 3.05) is 25.1 Å². The van der Waals surface area contributed by atoms with Crippen LogP contribution in [0.3, 0.4) is 0 Å². The molecule has 1 aromatic carbocycles. The van der Waals surface area contributed by atoms with Gasteiger partial charge in [0.05, 0.1) is 12.3 Å². The second-order valence-corrected chi connectivity index (χ2v) is 4.44. The van der Waals surface area contributed by atoms with Crippen molar-refractivity contribution in [2.45, 2.75) is 20.3 Å². The van der Waals surface area contributed by atoms with Crippen molar-refractivity contribution in [3.05, 3.63) is 29.6 Å². The molecule has 0 spiro atoms. The Kier molecular flexibility index (Phi) is 5.98. The number of rotatable bonds is 7. The van der Waals surface area contributed by atoms with Gasteiger partial charge in [0.15, 0.2) is 17.5 Å². The van der Waals surface area contributed by atoms with Crippen molar-refractivity contribution in [3.63, 3.8) is 0 Å². The van der Waals surface area contributed by atoms with Crippen LogP contribution in [0, 0.1) is 23.4 Å². The maximum atomic E-state index is 13.2. The molecule has 0 aliphatic rings. The molecule has 2 nitrogen and oxygen atoms in total. The molecular weight excluding hydrogens is 243 g/mol. The highest BCUT2D eigenvalue weighted by Gasteiger charge is 2.12. The quantitative estimate of drug-likeness (QED) is 0.598. The Bertz CT molecular complexity index is 383. The van der Waals surface area contributed by atoms with Crippen LogP contribution < -0.4 is 5.32 Å². The number of hydrogen-bond donors (Lipinski definition) is 1. The SMILES string of the molecule is CC(C)CCOCCNc1ccc(F)c(F)c1F. The summed E-state index contributed by atoms with van der Waals surface area (Å²) in [5.74, 6) is -3.27. The van der Waals surface area contributed by atoms with Gasteiger partial charge in [0, 0.05) is 13.2 Å². The minimum atomic E-state index is -1.46. The summed E-state index contributed by atoms with van der Waals surface area (Å²) in [6.45, 7) is 5.57. The summed E-state index contributed by atoms with van der Waals surface area (Å²) in [6, 6.07) is 2.06. The van der Waals surface area contributed by atoms with Gasteiger partial charge < -0.3 is 10.1 Å². The van der Waals surface area contributed by atoms with Crippen LogP contribution in [-0.4, -0.2) is 19.8 Å². The highest BCUT2D eigenvalue weighted by molar-refractivity contribution is 5.45. The molecule has 0 aliphatic heterocycles. The smallest absolute Gasteiger partial charge is 0.196 e. The predicted molar refractivity (Wildman–Crippen MR) is 65.1 cm³/mol. The van der Waals surface area contributed by atoms with Gasteiger partial charge in [0.1, 0.15) is 0 Å². The highest BCUT2D eigenvalue weighted by Crippen LogP contribution is 2.19. The molecule has 1 N–H and O–H groups in total. The van der Waals surface area contributed by atoms with Gasteiger partial charge in [-0.05, 0) is 24.5 Å². The van der Waals surface area contributed by atoms with Crippen LogP contribution in [0.4, 0.5) is 18.9 Å². The maximum Gasteiger partial charge on any atom is 0.196 e. The van der Waals surface area contributed by atoms with E-state index >= 15 is 0 Å². The van der Waals surface area contributed by atoms with Crippen LogP contribution >= 0.6 is 0 Å². The molecule has 0 bridgehead atoms. The summed E-state index contributed by atoms with van der Waals surface area (Å²) in [5.41, 5.74) is -0.0543. The average Bonchev–Trinajstić information content (AvgIpc) is 2.33. The standard InChI is InChI=1S/C13H18F3NO/c1-9(2)5-7-18-8-6-17-11-4-3-10(14)12(15)13(11)16/h3-4,9,17H,5-8H2,1-2H3. The number of halogens is 3. The maximum absolute atomic E-state index is 13.2. The first-order valence-electron chi connectivity index (χ1n) is 5.97. The number of benzene rings is 1. The van der Waals surface area contributed by atoms with E-state index in [1.807, 2.05) is 0 Å². The van der Waals surface area contributed by atoms with Gasteiger partial charge >= 0.3 is 0 Å². The summed E-state index contributed by atoms with van der Waals surface area (Å²) in [6.07, 6.45) is 0.958. The van der Waals surface area contributed by atoms with Crippen molar-refractivity contribution < 1.29 is 17.9 Å². The van der Waals surface area contributed by atoms with Crippen LogP contribution in [0.2, 0.25) is 0 Å². The zero-order chi connectivity index (χ0) is 13.5. The van der Waals surface area contributed by atoms with Gasteiger partial charge in [-0.25, -0.2) is 13.2 Å². The Morgan fingerprint density at radius 3 is 2.50 bits per heavy atom. The van der Waals surface area contributed by atoms with Crippen LogP contribution in [-0.2, 0) is 4.74 Å². The predicted octanol–water partition coefficient (Wildman–Crippen LogP) is 3.58. The summed E-state index contributed by atoms with van der Waals surface area (Å²) in [4.78, 5) is 0. The molecule has 1 aromatic rings. The summed E-state index contributed by atoms with van der Waals surface area (Å²) >= 11 is 0. The Balaban J connectivity index is 2.30. The van der Waals surface area contributed by atoms with Gasteiger partial charge in [-0.1, -0.05) is 13.8 Å². The van der Waals surface area contributed by atoms with Crippen molar-refractivity contribution in [1.29, 1.82) is 0 Å². The van der Waals surface area contributed by atoms with E-state index in [1.165, 1.54) is 6.07 Å². The Morgan fingerprint density at radius 1 is 1.11 bits per heavy atom. The molecule has 0 saturated carbocycles. The molecule has 0 saturated heterocycles. The van der Waals surface area contributed by atoms with E-state index < -0.39 is 17.5 Å². The van der Waals surface area contributed by atoms with Gasteiger partial charge in [0.2, 0.25) is 0 Å². The van der Waals surface area contributed by atoms with Crippen LogP contribution in [0.1, 0.15) is 20.3 Å². The third kappa shape index (κ3) is 4.56. The molecule has 0 amide bonds. The number of ether oxygens (including phenoxy) is 1. The Hall–Kier alpha value is -1.23. The fourth-order valence-electron chi connectivity index (χ4n) is 1.34. The lowest BCUT2D eigenvalue weighted by Gasteiger charge is -2.09. The third-order valence-corrected chi connectivity index (χ3v) is 2.44. The van der Waals surface area contributed by atoms with E-state index in [1.54, 1.807) is 0 Å². The molecule has 0 aromatic heterocycles.